The first kappa shape index (κ1) is 24.4. The van der Waals surface area contributed by atoms with Crippen molar-refractivity contribution in [1.29, 1.82) is 0 Å². The second-order valence-electron chi connectivity index (χ2n) is 8.75. The van der Waals surface area contributed by atoms with Gasteiger partial charge in [-0.1, -0.05) is 19.1 Å². The molecule has 1 atom stereocenters. The van der Waals surface area contributed by atoms with Crippen LogP contribution in [0.25, 0.3) is 0 Å². The van der Waals surface area contributed by atoms with E-state index >= 15 is 0 Å². The van der Waals surface area contributed by atoms with Crippen molar-refractivity contribution in [3.63, 3.8) is 0 Å². The van der Waals surface area contributed by atoms with Gasteiger partial charge in [-0.15, -0.1) is 0 Å². The number of amides is 2. The molecule has 10 heteroatoms. The van der Waals surface area contributed by atoms with Gasteiger partial charge in [-0.05, 0) is 37.6 Å². The summed E-state index contributed by atoms with van der Waals surface area (Å²) in [6.07, 6.45) is 0.513. The van der Waals surface area contributed by atoms with Gasteiger partial charge in [0.2, 0.25) is 11.8 Å². The first-order chi connectivity index (χ1) is 18.0. The fourth-order valence-electron chi connectivity index (χ4n) is 4.55. The van der Waals surface area contributed by atoms with E-state index in [0.717, 1.165) is 0 Å². The fraction of sp³-hybridized carbons (Fsp3) is 0.333. The van der Waals surface area contributed by atoms with Crippen LogP contribution in [0.4, 0.5) is 17.1 Å². The van der Waals surface area contributed by atoms with Crippen molar-refractivity contribution in [2.24, 2.45) is 10.9 Å². The number of fused-ring (bicyclic) bond motifs is 2. The van der Waals surface area contributed by atoms with Crippen molar-refractivity contribution < 1.29 is 28.6 Å². The number of hydrogen-bond acceptors (Lipinski definition) is 8. The summed E-state index contributed by atoms with van der Waals surface area (Å²) >= 11 is 0. The third-order valence-electron chi connectivity index (χ3n) is 6.37. The summed E-state index contributed by atoms with van der Waals surface area (Å²) in [5, 5.41) is 6.09. The van der Waals surface area contributed by atoms with E-state index in [2.05, 4.69) is 15.6 Å². The number of allylic oxidation sites excluding steroid dienone is 1. The molecule has 0 spiro atoms. The summed E-state index contributed by atoms with van der Waals surface area (Å²) in [5.74, 6) is -0.503. The molecule has 2 aromatic carbocycles. The van der Waals surface area contributed by atoms with E-state index in [0.29, 0.717) is 53.9 Å². The minimum atomic E-state index is -0.636. The SMILES string of the molecule is CCOC(=O)C1=C(CC)Nc2ccccc2N=C1NC(=O)C1CC(=O)N(c2ccc3c(c2)OCCO3)C1. The number of hydrogen-bond donors (Lipinski definition) is 2. The Balaban J connectivity index is 1.40. The highest BCUT2D eigenvalue weighted by Gasteiger charge is 2.37. The van der Waals surface area contributed by atoms with Gasteiger partial charge in [0.1, 0.15) is 24.6 Å². The van der Waals surface area contributed by atoms with Crippen LogP contribution in [0, 0.1) is 5.92 Å². The first-order valence-electron chi connectivity index (χ1n) is 12.3. The molecule has 5 rings (SSSR count). The van der Waals surface area contributed by atoms with Gasteiger partial charge < -0.3 is 29.7 Å². The van der Waals surface area contributed by atoms with E-state index in [1.165, 1.54) is 0 Å². The third kappa shape index (κ3) is 4.87. The zero-order chi connectivity index (χ0) is 25.9. The number of aliphatic imine (C=N–C) groups is 1. The molecule has 2 amide bonds. The van der Waals surface area contributed by atoms with E-state index in [9.17, 15) is 14.4 Å². The van der Waals surface area contributed by atoms with Crippen molar-refractivity contribution >= 4 is 40.7 Å². The molecule has 0 aliphatic carbocycles. The van der Waals surface area contributed by atoms with Gasteiger partial charge in [-0.25, -0.2) is 9.79 Å². The molecule has 0 aromatic heterocycles. The van der Waals surface area contributed by atoms with Gasteiger partial charge in [-0.3, -0.25) is 9.59 Å². The minimum absolute atomic E-state index is 0.0292. The number of benzene rings is 2. The van der Waals surface area contributed by atoms with Crippen LogP contribution in [0.3, 0.4) is 0 Å². The zero-order valence-electron chi connectivity index (χ0n) is 20.7. The minimum Gasteiger partial charge on any atom is -0.486 e. The summed E-state index contributed by atoms with van der Waals surface area (Å²) in [4.78, 5) is 45.4. The standard InChI is InChI=1S/C27H28N4O6/c1-3-18-24(27(34)35-4-2)25(29-20-8-6-5-7-19(20)28-18)30-26(33)16-13-23(32)31(15-16)17-9-10-21-22(14-17)37-12-11-36-21/h5-10,14,16,28H,3-4,11-13,15H2,1-2H3,(H,29,30,33). The number of ether oxygens (including phenoxy) is 3. The van der Waals surface area contributed by atoms with Crippen LogP contribution in [0.15, 0.2) is 58.7 Å². The fourth-order valence-corrected chi connectivity index (χ4v) is 4.55. The maximum absolute atomic E-state index is 13.4. The lowest BCUT2D eigenvalue weighted by Gasteiger charge is -2.22. The molecule has 3 heterocycles. The molecule has 3 aliphatic rings. The van der Waals surface area contributed by atoms with Crippen molar-refractivity contribution in [2.75, 3.05) is 36.6 Å². The molecule has 0 saturated carbocycles. The molecule has 1 saturated heterocycles. The van der Waals surface area contributed by atoms with E-state index in [1.54, 1.807) is 36.1 Å². The van der Waals surface area contributed by atoms with Crippen molar-refractivity contribution in [2.45, 2.75) is 26.7 Å². The lowest BCUT2D eigenvalue weighted by atomic mass is 10.1. The van der Waals surface area contributed by atoms with Crippen LogP contribution in [0.5, 0.6) is 11.5 Å². The predicted molar refractivity (Wildman–Crippen MR) is 137 cm³/mol. The lowest BCUT2D eigenvalue weighted by Crippen LogP contribution is -2.40. The Hall–Kier alpha value is -4.34. The number of carbonyl (C=O) groups is 3. The highest BCUT2D eigenvalue weighted by molar-refractivity contribution is 6.24. The number of nitrogens with one attached hydrogen (secondary N) is 2. The number of amidine groups is 1. The molecule has 0 radical (unpaired) electrons. The van der Waals surface area contributed by atoms with Gasteiger partial charge in [0.15, 0.2) is 11.5 Å². The van der Waals surface area contributed by atoms with E-state index < -0.39 is 17.8 Å². The molecule has 3 aliphatic heterocycles. The molecule has 192 valence electrons. The van der Waals surface area contributed by atoms with E-state index in [1.807, 2.05) is 25.1 Å². The number of rotatable bonds is 5. The Labute approximate surface area is 214 Å². The van der Waals surface area contributed by atoms with Gasteiger partial charge in [-0.2, -0.15) is 0 Å². The maximum Gasteiger partial charge on any atom is 0.343 e. The predicted octanol–water partition coefficient (Wildman–Crippen LogP) is 3.31. The van der Waals surface area contributed by atoms with Crippen molar-refractivity contribution in [3.05, 3.63) is 53.7 Å². The number of carbonyl (C=O) groups excluding carboxylic acids is 3. The summed E-state index contributed by atoms with van der Waals surface area (Å²) in [5.41, 5.74) is 2.68. The molecular formula is C27H28N4O6. The van der Waals surface area contributed by atoms with E-state index in [-0.39, 0.29) is 36.9 Å². The molecular weight excluding hydrogens is 476 g/mol. The van der Waals surface area contributed by atoms with Crippen molar-refractivity contribution in [1.82, 2.24) is 5.32 Å². The van der Waals surface area contributed by atoms with Crippen LogP contribution < -0.4 is 25.0 Å². The van der Waals surface area contributed by atoms with Crippen LogP contribution in [-0.2, 0) is 19.1 Å². The Bertz CT molecular complexity index is 1320. The van der Waals surface area contributed by atoms with Crippen LogP contribution in [0.2, 0.25) is 0 Å². The molecule has 0 bridgehead atoms. The molecule has 10 nitrogen and oxygen atoms in total. The second kappa shape index (κ2) is 10.3. The number of esters is 1. The largest absolute Gasteiger partial charge is 0.486 e. The van der Waals surface area contributed by atoms with Gasteiger partial charge in [0.05, 0.1) is 23.9 Å². The van der Waals surface area contributed by atoms with Crippen LogP contribution in [0.1, 0.15) is 26.7 Å². The zero-order valence-corrected chi connectivity index (χ0v) is 20.7. The summed E-state index contributed by atoms with van der Waals surface area (Å²) < 4.78 is 16.5. The molecule has 1 unspecified atom stereocenters. The Morgan fingerprint density at radius 3 is 2.70 bits per heavy atom. The van der Waals surface area contributed by atoms with Crippen LogP contribution >= 0.6 is 0 Å². The summed E-state index contributed by atoms with van der Waals surface area (Å²) in [6, 6.07) is 12.6. The summed E-state index contributed by atoms with van der Waals surface area (Å²) in [6.45, 7) is 4.89. The number of nitrogens with zero attached hydrogens (tertiary/aromatic N) is 2. The van der Waals surface area contributed by atoms with Gasteiger partial charge >= 0.3 is 5.97 Å². The average molecular weight is 505 g/mol. The van der Waals surface area contributed by atoms with Gasteiger partial charge in [0.25, 0.3) is 0 Å². The van der Waals surface area contributed by atoms with Crippen LogP contribution in [-0.4, -0.2) is 50.0 Å². The van der Waals surface area contributed by atoms with Crippen molar-refractivity contribution in [3.8, 4) is 11.5 Å². The Kier molecular flexibility index (Phi) is 6.80. The lowest BCUT2D eigenvalue weighted by molar-refractivity contribution is -0.138. The first-order valence-corrected chi connectivity index (χ1v) is 12.3. The smallest absolute Gasteiger partial charge is 0.343 e. The monoisotopic (exact) mass is 504 g/mol. The molecule has 1 fully saturated rings. The number of para-hydroxylation sites is 2. The van der Waals surface area contributed by atoms with Gasteiger partial charge in [0, 0.05) is 30.4 Å². The quantitative estimate of drug-likeness (QED) is 0.600. The molecule has 2 aromatic rings. The molecule has 2 N–H and O–H groups in total. The Morgan fingerprint density at radius 2 is 1.92 bits per heavy atom. The Morgan fingerprint density at radius 1 is 1.14 bits per heavy atom. The van der Waals surface area contributed by atoms with E-state index in [4.69, 9.17) is 14.2 Å². The normalized spacial score (nSPS) is 18.4. The highest BCUT2D eigenvalue weighted by atomic mass is 16.6. The maximum atomic E-state index is 13.4. The topological polar surface area (TPSA) is 119 Å². The average Bonchev–Trinajstić information content (AvgIpc) is 3.22. The summed E-state index contributed by atoms with van der Waals surface area (Å²) in [7, 11) is 0. The highest BCUT2D eigenvalue weighted by Crippen LogP contribution is 2.36. The molecule has 37 heavy (non-hydrogen) atoms. The number of anilines is 2. The second-order valence-corrected chi connectivity index (χ2v) is 8.75. The third-order valence-corrected chi connectivity index (χ3v) is 6.37.